The molecule has 2 aromatic carbocycles. The first-order valence-electron chi connectivity index (χ1n) is 9.38. The quantitative estimate of drug-likeness (QED) is 0.390. The van der Waals surface area contributed by atoms with Gasteiger partial charge in [-0.1, -0.05) is 24.3 Å². The Labute approximate surface area is 173 Å². The molecule has 0 aliphatic carbocycles. The average molecular weight is 419 g/mol. The zero-order chi connectivity index (χ0) is 21.4. The van der Waals surface area contributed by atoms with E-state index in [4.69, 9.17) is 4.74 Å². The largest absolute Gasteiger partial charge is 0.497 e. The van der Waals surface area contributed by atoms with Gasteiger partial charge in [-0.05, 0) is 48.7 Å². The number of hydrogen-bond acceptors (Lipinski definition) is 4. The SMILES string of the molecule is CN=C(NCCNS(=O)(=O)c1cc(C)ccc1C)N(C)Cc1ccc(OC)cc1. The van der Waals surface area contributed by atoms with Crippen LogP contribution in [0.25, 0.3) is 0 Å². The molecule has 0 spiro atoms. The van der Waals surface area contributed by atoms with Crippen molar-refractivity contribution in [2.24, 2.45) is 4.99 Å². The summed E-state index contributed by atoms with van der Waals surface area (Å²) in [5.41, 5.74) is 2.76. The van der Waals surface area contributed by atoms with Crippen molar-refractivity contribution in [1.82, 2.24) is 14.9 Å². The minimum absolute atomic E-state index is 0.255. The molecule has 0 aromatic heterocycles. The molecule has 0 heterocycles. The molecule has 2 N–H and O–H groups in total. The molecule has 2 aromatic rings. The second-order valence-electron chi connectivity index (χ2n) is 6.84. The van der Waals surface area contributed by atoms with Gasteiger partial charge in [0.1, 0.15) is 5.75 Å². The summed E-state index contributed by atoms with van der Waals surface area (Å²) in [6.45, 7) is 5.01. The van der Waals surface area contributed by atoms with E-state index in [1.54, 1.807) is 27.1 Å². The Morgan fingerprint density at radius 3 is 2.41 bits per heavy atom. The normalized spacial score (nSPS) is 12.0. The minimum atomic E-state index is -3.55. The number of aliphatic imine (C=N–C) groups is 1. The van der Waals surface area contributed by atoms with Crippen LogP contribution in [0.2, 0.25) is 0 Å². The molecular weight excluding hydrogens is 388 g/mol. The summed E-state index contributed by atoms with van der Waals surface area (Å²) < 4.78 is 32.9. The van der Waals surface area contributed by atoms with Gasteiger partial charge in [-0.25, -0.2) is 13.1 Å². The number of ether oxygens (including phenoxy) is 1. The van der Waals surface area contributed by atoms with Crippen LogP contribution in [0.3, 0.4) is 0 Å². The lowest BCUT2D eigenvalue weighted by molar-refractivity contribution is 0.414. The van der Waals surface area contributed by atoms with E-state index in [9.17, 15) is 8.42 Å². The van der Waals surface area contributed by atoms with E-state index < -0.39 is 10.0 Å². The van der Waals surface area contributed by atoms with E-state index in [2.05, 4.69) is 15.0 Å². The molecule has 2 rings (SSSR count). The summed E-state index contributed by atoms with van der Waals surface area (Å²) in [4.78, 5) is 6.56. The predicted molar refractivity (Wildman–Crippen MR) is 117 cm³/mol. The Morgan fingerprint density at radius 1 is 1.10 bits per heavy atom. The summed E-state index contributed by atoms with van der Waals surface area (Å²) in [5.74, 6) is 1.50. The number of benzene rings is 2. The maximum absolute atomic E-state index is 12.6. The van der Waals surface area contributed by atoms with Crippen LogP contribution in [-0.2, 0) is 16.6 Å². The summed E-state index contributed by atoms with van der Waals surface area (Å²) in [7, 11) is 1.72. The Morgan fingerprint density at radius 2 is 1.79 bits per heavy atom. The lowest BCUT2D eigenvalue weighted by Gasteiger charge is -2.22. The van der Waals surface area contributed by atoms with Crippen LogP contribution in [0.15, 0.2) is 52.4 Å². The molecular formula is C21H30N4O3S. The zero-order valence-electron chi connectivity index (χ0n) is 17.7. The van der Waals surface area contributed by atoms with Crippen LogP contribution in [0, 0.1) is 13.8 Å². The first kappa shape index (κ1) is 22.7. The summed E-state index contributed by atoms with van der Waals surface area (Å²) in [6.07, 6.45) is 0. The van der Waals surface area contributed by atoms with Gasteiger partial charge in [-0.3, -0.25) is 4.99 Å². The van der Waals surface area contributed by atoms with Crippen LogP contribution in [0.1, 0.15) is 16.7 Å². The highest BCUT2D eigenvalue weighted by Gasteiger charge is 2.16. The lowest BCUT2D eigenvalue weighted by Crippen LogP contribution is -2.42. The van der Waals surface area contributed by atoms with E-state index in [1.807, 2.05) is 55.3 Å². The number of aryl methyl sites for hydroxylation is 2. The van der Waals surface area contributed by atoms with Crippen LogP contribution in [-0.4, -0.2) is 53.6 Å². The number of guanidine groups is 1. The molecule has 0 saturated carbocycles. The molecule has 7 nitrogen and oxygen atoms in total. The van der Waals surface area contributed by atoms with E-state index in [-0.39, 0.29) is 6.54 Å². The van der Waals surface area contributed by atoms with Gasteiger partial charge in [0.05, 0.1) is 12.0 Å². The van der Waals surface area contributed by atoms with Crippen molar-refractivity contribution >= 4 is 16.0 Å². The van der Waals surface area contributed by atoms with Gasteiger partial charge in [-0.15, -0.1) is 0 Å². The fraction of sp³-hybridized carbons (Fsp3) is 0.381. The number of nitrogens with one attached hydrogen (secondary N) is 2. The van der Waals surface area contributed by atoms with Crippen molar-refractivity contribution in [3.05, 3.63) is 59.2 Å². The van der Waals surface area contributed by atoms with Gasteiger partial charge < -0.3 is 15.0 Å². The Kier molecular flexibility index (Phi) is 8.04. The average Bonchev–Trinajstić information content (AvgIpc) is 2.70. The molecule has 0 atom stereocenters. The van der Waals surface area contributed by atoms with Crippen molar-refractivity contribution in [2.75, 3.05) is 34.3 Å². The first-order valence-corrected chi connectivity index (χ1v) is 10.9. The van der Waals surface area contributed by atoms with Crippen LogP contribution in [0.4, 0.5) is 0 Å². The predicted octanol–water partition coefficient (Wildman–Crippen LogP) is 2.30. The number of sulfonamides is 1. The third kappa shape index (κ3) is 6.47. The van der Waals surface area contributed by atoms with Crippen molar-refractivity contribution in [3.8, 4) is 5.75 Å². The second-order valence-corrected chi connectivity index (χ2v) is 8.58. The molecule has 0 aliphatic rings. The van der Waals surface area contributed by atoms with Gasteiger partial charge >= 0.3 is 0 Å². The minimum Gasteiger partial charge on any atom is -0.497 e. The summed E-state index contributed by atoms with van der Waals surface area (Å²) in [5, 5.41) is 3.19. The van der Waals surface area contributed by atoms with E-state index in [1.165, 1.54) is 0 Å². The molecule has 29 heavy (non-hydrogen) atoms. The van der Waals surface area contributed by atoms with E-state index in [0.717, 1.165) is 22.4 Å². The highest BCUT2D eigenvalue weighted by molar-refractivity contribution is 7.89. The molecule has 0 unspecified atom stereocenters. The topological polar surface area (TPSA) is 83.0 Å². The molecule has 0 fully saturated rings. The Bertz CT molecular complexity index is 941. The number of rotatable bonds is 8. The van der Waals surface area contributed by atoms with Gasteiger partial charge in [-0.2, -0.15) is 0 Å². The number of methoxy groups -OCH3 is 1. The zero-order valence-corrected chi connectivity index (χ0v) is 18.5. The van der Waals surface area contributed by atoms with Gasteiger partial charge in [0.25, 0.3) is 0 Å². The highest BCUT2D eigenvalue weighted by atomic mass is 32.2. The van der Waals surface area contributed by atoms with Gasteiger partial charge in [0, 0.05) is 33.7 Å². The number of nitrogens with zero attached hydrogens (tertiary/aromatic N) is 2. The molecule has 8 heteroatoms. The maximum atomic E-state index is 12.6. The molecule has 0 bridgehead atoms. The Hall–Kier alpha value is -2.58. The van der Waals surface area contributed by atoms with E-state index in [0.29, 0.717) is 23.9 Å². The fourth-order valence-electron chi connectivity index (χ4n) is 2.90. The fourth-order valence-corrected chi connectivity index (χ4v) is 4.26. The Balaban J connectivity index is 1.88. The van der Waals surface area contributed by atoms with Gasteiger partial charge in [0.15, 0.2) is 5.96 Å². The third-order valence-electron chi connectivity index (χ3n) is 4.49. The highest BCUT2D eigenvalue weighted by Crippen LogP contribution is 2.16. The van der Waals surface area contributed by atoms with E-state index >= 15 is 0 Å². The molecule has 0 saturated heterocycles. The molecule has 0 amide bonds. The summed E-state index contributed by atoms with van der Waals surface area (Å²) >= 11 is 0. The molecule has 0 aliphatic heterocycles. The smallest absolute Gasteiger partial charge is 0.240 e. The van der Waals surface area contributed by atoms with Crippen molar-refractivity contribution < 1.29 is 13.2 Å². The van der Waals surface area contributed by atoms with Crippen LogP contribution in [0.5, 0.6) is 5.75 Å². The van der Waals surface area contributed by atoms with Crippen molar-refractivity contribution in [1.29, 1.82) is 0 Å². The number of hydrogen-bond donors (Lipinski definition) is 2. The third-order valence-corrected chi connectivity index (χ3v) is 6.09. The summed E-state index contributed by atoms with van der Waals surface area (Å²) in [6, 6.07) is 13.2. The lowest BCUT2D eigenvalue weighted by atomic mass is 10.2. The molecule has 158 valence electrons. The first-order chi connectivity index (χ1) is 13.8. The second kappa shape index (κ2) is 10.3. The maximum Gasteiger partial charge on any atom is 0.240 e. The standard InChI is InChI=1S/C21H30N4O3S/c1-16-6-7-17(2)20(14-16)29(26,27)24-13-12-23-21(22-3)25(4)15-18-8-10-19(28-5)11-9-18/h6-11,14,24H,12-13,15H2,1-5H3,(H,22,23). The molecule has 0 radical (unpaired) electrons. The monoisotopic (exact) mass is 418 g/mol. The van der Waals surface area contributed by atoms with Crippen molar-refractivity contribution in [3.63, 3.8) is 0 Å². The van der Waals surface area contributed by atoms with Crippen LogP contribution >= 0.6 is 0 Å². The van der Waals surface area contributed by atoms with Crippen molar-refractivity contribution in [2.45, 2.75) is 25.3 Å². The van der Waals surface area contributed by atoms with Crippen LogP contribution < -0.4 is 14.8 Å². The van der Waals surface area contributed by atoms with Gasteiger partial charge in [0.2, 0.25) is 10.0 Å².